The first-order chi connectivity index (χ1) is 6.57. The summed E-state index contributed by atoms with van der Waals surface area (Å²) < 4.78 is 0. The predicted molar refractivity (Wildman–Crippen MR) is 62.3 cm³/mol. The molecule has 0 amide bonds. The summed E-state index contributed by atoms with van der Waals surface area (Å²) in [7, 11) is 0. The molecule has 0 radical (unpaired) electrons. The van der Waals surface area contributed by atoms with Gasteiger partial charge in [-0.1, -0.05) is 33.1 Å². The fourth-order valence-electron chi connectivity index (χ4n) is 2.20. The monoisotopic (exact) mass is 198 g/mol. The first-order valence-electron chi connectivity index (χ1n) is 6.08. The Kier molecular flexibility index (Phi) is 4.39. The average Bonchev–Trinajstić information content (AvgIpc) is 2.61. The maximum Gasteiger partial charge on any atom is 0.0191 e. The minimum absolute atomic E-state index is 0.317. The van der Waals surface area contributed by atoms with E-state index < -0.39 is 0 Å². The van der Waals surface area contributed by atoms with Gasteiger partial charge in [0.25, 0.3) is 0 Å². The van der Waals surface area contributed by atoms with E-state index in [0.717, 1.165) is 6.54 Å². The largest absolute Gasteiger partial charge is 0.326 e. The average molecular weight is 198 g/mol. The second-order valence-electron chi connectivity index (χ2n) is 5.20. The van der Waals surface area contributed by atoms with Gasteiger partial charge in [0.05, 0.1) is 0 Å². The van der Waals surface area contributed by atoms with Crippen LogP contribution in [0.2, 0.25) is 0 Å². The zero-order valence-electron chi connectivity index (χ0n) is 9.97. The molecule has 14 heavy (non-hydrogen) atoms. The normalized spacial score (nSPS) is 24.9. The van der Waals surface area contributed by atoms with Gasteiger partial charge in [-0.3, -0.25) is 0 Å². The van der Waals surface area contributed by atoms with E-state index in [0.29, 0.717) is 17.5 Å². The first kappa shape index (κ1) is 12.0. The number of hydrogen-bond acceptors (Lipinski definition) is 2. The molecular formula is C12H26N2. The van der Waals surface area contributed by atoms with Gasteiger partial charge in [-0.05, 0) is 25.7 Å². The van der Waals surface area contributed by atoms with Crippen LogP contribution >= 0.6 is 0 Å². The van der Waals surface area contributed by atoms with Crippen molar-refractivity contribution < 1.29 is 0 Å². The van der Waals surface area contributed by atoms with Crippen LogP contribution in [-0.2, 0) is 0 Å². The molecule has 2 unspecified atom stereocenters. The second-order valence-corrected chi connectivity index (χ2v) is 5.20. The first-order valence-corrected chi connectivity index (χ1v) is 6.08. The Balaban J connectivity index is 2.25. The topological polar surface area (TPSA) is 38.0 Å². The molecule has 2 atom stereocenters. The molecule has 0 aromatic carbocycles. The van der Waals surface area contributed by atoms with Crippen molar-refractivity contribution in [3.8, 4) is 0 Å². The van der Waals surface area contributed by atoms with Crippen LogP contribution in [0.15, 0.2) is 0 Å². The fraction of sp³-hybridized carbons (Fsp3) is 1.00. The Labute approximate surface area is 88.6 Å². The Hall–Kier alpha value is -0.0800. The van der Waals surface area contributed by atoms with Crippen molar-refractivity contribution >= 4 is 0 Å². The van der Waals surface area contributed by atoms with Gasteiger partial charge in [0, 0.05) is 18.1 Å². The van der Waals surface area contributed by atoms with E-state index in [-0.39, 0.29) is 0 Å². The van der Waals surface area contributed by atoms with E-state index in [9.17, 15) is 0 Å². The predicted octanol–water partition coefficient (Wildman–Crippen LogP) is 2.28. The second kappa shape index (κ2) is 5.13. The highest BCUT2D eigenvalue weighted by molar-refractivity contribution is 4.89. The molecule has 1 saturated carbocycles. The lowest BCUT2D eigenvalue weighted by atomic mass is 9.96. The lowest BCUT2D eigenvalue weighted by Gasteiger charge is -2.29. The molecule has 1 fully saturated rings. The van der Waals surface area contributed by atoms with Crippen LogP contribution in [0.25, 0.3) is 0 Å². The molecule has 0 aromatic heterocycles. The van der Waals surface area contributed by atoms with Crippen LogP contribution in [0.5, 0.6) is 0 Å². The summed E-state index contributed by atoms with van der Waals surface area (Å²) >= 11 is 0. The van der Waals surface area contributed by atoms with Gasteiger partial charge in [0.1, 0.15) is 0 Å². The summed E-state index contributed by atoms with van der Waals surface area (Å²) in [6, 6.07) is 0.317. The molecule has 84 valence electrons. The highest BCUT2D eigenvalue weighted by Gasteiger charge is 2.28. The third kappa shape index (κ3) is 3.25. The van der Waals surface area contributed by atoms with Crippen LogP contribution in [0.1, 0.15) is 52.9 Å². The Morgan fingerprint density at radius 1 is 1.36 bits per heavy atom. The minimum atomic E-state index is 0.317. The van der Waals surface area contributed by atoms with Crippen LogP contribution in [-0.4, -0.2) is 18.1 Å². The Bertz CT molecular complexity index is 162. The molecule has 1 aliphatic rings. The molecule has 1 rings (SSSR count). The van der Waals surface area contributed by atoms with Crippen LogP contribution < -0.4 is 11.1 Å². The molecule has 0 spiro atoms. The summed E-state index contributed by atoms with van der Waals surface area (Å²) in [5.41, 5.74) is 6.48. The maximum atomic E-state index is 6.10. The van der Waals surface area contributed by atoms with Crippen molar-refractivity contribution in [2.75, 3.05) is 6.54 Å². The molecule has 0 saturated heterocycles. The van der Waals surface area contributed by atoms with Crippen molar-refractivity contribution in [3.05, 3.63) is 0 Å². The molecule has 2 nitrogen and oxygen atoms in total. The highest BCUT2D eigenvalue weighted by Crippen LogP contribution is 2.28. The van der Waals surface area contributed by atoms with E-state index in [1.165, 1.54) is 32.1 Å². The van der Waals surface area contributed by atoms with Crippen LogP contribution in [0, 0.1) is 5.92 Å². The van der Waals surface area contributed by atoms with Gasteiger partial charge in [0.2, 0.25) is 0 Å². The molecule has 0 bridgehead atoms. The number of hydrogen-bond donors (Lipinski definition) is 2. The Morgan fingerprint density at radius 2 is 1.93 bits per heavy atom. The van der Waals surface area contributed by atoms with Gasteiger partial charge >= 0.3 is 0 Å². The number of nitrogens with two attached hydrogens (primary N) is 1. The van der Waals surface area contributed by atoms with E-state index >= 15 is 0 Å². The maximum absolute atomic E-state index is 6.10. The molecular weight excluding hydrogens is 172 g/mol. The molecule has 0 aromatic rings. The highest BCUT2D eigenvalue weighted by atomic mass is 15.0. The molecule has 3 N–H and O–H groups in total. The van der Waals surface area contributed by atoms with Crippen molar-refractivity contribution in [2.45, 2.75) is 64.5 Å². The van der Waals surface area contributed by atoms with Crippen molar-refractivity contribution in [1.82, 2.24) is 5.32 Å². The van der Waals surface area contributed by atoms with E-state index in [1.807, 2.05) is 0 Å². The van der Waals surface area contributed by atoms with Gasteiger partial charge in [-0.15, -0.1) is 0 Å². The molecule has 2 heteroatoms. The third-order valence-corrected chi connectivity index (χ3v) is 3.85. The zero-order chi connectivity index (χ0) is 10.6. The summed E-state index contributed by atoms with van der Waals surface area (Å²) in [5.74, 6) is 0.632. The summed E-state index contributed by atoms with van der Waals surface area (Å²) in [5, 5.41) is 3.65. The number of rotatable bonds is 5. The molecule has 0 aliphatic heterocycles. The van der Waals surface area contributed by atoms with Crippen molar-refractivity contribution in [2.24, 2.45) is 11.7 Å². The van der Waals surface area contributed by atoms with Crippen molar-refractivity contribution in [1.29, 1.82) is 0 Å². The lowest BCUT2D eigenvalue weighted by Crippen LogP contribution is -2.47. The molecule has 0 heterocycles. The molecule has 1 aliphatic carbocycles. The quantitative estimate of drug-likeness (QED) is 0.711. The lowest BCUT2D eigenvalue weighted by molar-refractivity contribution is 0.322. The van der Waals surface area contributed by atoms with Crippen molar-refractivity contribution in [3.63, 3.8) is 0 Å². The SMILES string of the molecule is CCC(C)C(N)CNC1(C)CCCC1. The van der Waals surface area contributed by atoms with Crippen LogP contribution in [0.3, 0.4) is 0 Å². The van der Waals surface area contributed by atoms with Gasteiger partial charge in [0.15, 0.2) is 0 Å². The van der Waals surface area contributed by atoms with E-state index in [2.05, 4.69) is 26.1 Å². The number of nitrogens with one attached hydrogen (secondary N) is 1. The standard InChI is InChI=1S/C12H26N2/c1-4-10(2)11(13)9-14-12(3)7-5-6-8-12/h10-11,14H,4-9,13H2,1-3H3. The Morgan fingerprint density at radius 3 is 2.43 bits per heavy atom. The van der Waals surface area contributed by atoms with Gasteiger partial charge in [-0.2, -0.15) is 0 Å². The minimum Gasteiger partial charge on any atom is -0.326 e. The smallest absolute Gasteiger partial charge is 0.0191 e. The van der Waals surface area contributed by atoms with Crippen LogP contribution in [0.4, 0.5) is 0 Å². The summed E-state index contributed by atoms with van der Waals surface area (Å²) in [4.78, 5) is 0. The van der Waals surface area contributed by atoms with Gasteiger partial charge < -0.3 is 11.1 Å². The third-order valence-electron chi connectivity index (χ3n) is 3.85. The summed E-state index contributed by atoms with van der Waals surface area (Å²) in [6.07, 6.45) is 6.57. The fourth-order valence-corrected chi connectivity index (χ4v) is 2.20. The van der Waals surface area contributed by atoms with E-state index in [4.69, 9.17) is 5.73 Å². The van der Waals surface area contributed by atoms with Gasteiger partial charge in [-0.25, -0.2) is 0 Å². The van der Waals surface area contributed by atoms with E-state index in [1.54, 1.807) is 0 Å². The summed E-state index contributed by atoms with van der Waals surface area (Å²) in [6.45, 7) is 7.76. The zero-order valence-corrected chi connectivity index (χ0v) is 9.97.